The third-order valence-corrected chi connectivity index (χ3v) is 16.4. The Labute approximate surface area is 381 Å². The van der Waals surface area contributed by atoms with Crippen LogP contribution in [0.15, 0.2) is 164 Å². The molecule has 7 aromatic carbocycles. The predicted octanol–water partition coefficient (Wildman–Crippen LogP) is 16.3. The largest absolute Gasteiger partial charge is 0.311 e. The molecule has 13 rings (SSSR count). The number of aryl methyl sites for hydroxylation is 5. The van der Waals surface area contributed by atoms with E-state index in [0.717, 1.165) is 30.4 Å². The number of rotatable bonds is 13. The van der Waals surface area contributed by atoms with Gasteiger partial charge < -0.3 is 9.80 Å². The number of nitrogens with zero attached hydrogens (tertiary/aromatic N) is 2. The molecule has 4 bridgehead atoms. The Morgan fingerprint density at radius 2 is 0.922 bits per heavy atom. The molecule has 2 heteroatoms. The zero-order valence-electron chi connectivity index (χ0n) is 37.5. The summed E-state index contributed by atoms with van der Waals surface area (Å²) in [6, 6.07) is 61.2. The Kier molecular flexibility index (Phi) is 9.77. The standard InChI is InChI=1S/C62H60N2/c1-3-5-6-44-9-24-55(25-10-44)63(57-29-22-54(23-30-57)62-40-45-35-46(41-62)39-61(38-45,42-62)53-20-7-43(4-2)8-21-53)58-31-33-59(34-32-58)64(60-28-19-48-13-16-52(48)37-60)56-26-17-49(18-27-56)51-15-12-47-11-14-50(47)36-51/h4,7-10,12,15,17-34,36-37,45-46H,2-3,5-6,11,13-14,16,35,38-42H2,1H3. The van der Waals surface area contributed by atoms with Crippen molar-refractivity contribution >= 4 is 40.2 Å². The first kappa shape index (κ1) is 39.5. The molecule has 0 amide bonds. The van der Waals surface area contributed by atoms with E-state index in [4.69, 9.17) is 0 Å². The highest BCUT2D eigenvalue weighted by Gasteiger charge is 2.58. The van der Waals surface area contributed by atoms with Crippen molar-refractivity contribution in [2.24, 2.45) is 11.8 Å². The number of unbranched alkanes of at least 4 members (excludes halogenated alkanes) is 1. The molecule has 2 unspecified atom stereocenters. The number of hydrogen-bond donors (Lipinski definition) is 0. The van der Waals surface area contributed by atoms with E-state index in [1.807, 2.05) is 6.08 Å². The van der Waals surface area contributed by atoms with E-state index in [-0.39, 0.29) is 10.8 Å². The smallest absolute Gasteiger partial charge is 0.0464 e. The minimum atomic E-state index is 0.245. The van der Waals surface area contributed by atoms with Gasteiger partial charge in [0.05, 0.1) is 0 Å². The molecule has 6 aliphatic carbocycles. The van der Waals surface area contributed by atoms with Crippen LogP contribution in [-0.2, 0) is 42.9 Å². The van der Waals surface area contributed by atoms with E-state index in [1.54, 1.807) is 11.1 Å². The molecule has 64 heavy (non-hydrogen) atoms. The Balaban J connectivity index is 0.883. The molecule has 7 aromatic rings. The highest BCUT2D eigenvalue weighted by Crippen LogP contribution is 2.66. The Morgan fingerprint density at radius 3 is 1.42 bits per heavy atom. The van der Waals surface area contributed by atoms with Crippen molar-refractivity contribution in [3.63, 3.8) is 0 Å². The van der Waals surface area contributed by atoms with Gasteiger partial charge in [0.25, 0.3) is 0 Å². The second-order valence-electron chi connectivity index (χ2n) is 20.3. The van der Waals surface area contributed by atoms with Crippen molar-refractivity contribution in [1.29, 1.82) is 0 Å². The van der Waals surface area contributed by atoms with Gasteiger partial charge in [-0.2, -0.15) is 0 Å². The van der Waals surface area contributed by atoms with Gasteiger partial charge in [-0.15, -0.1) is 0 Å². The first-order valence-corrected chi connectivity index (χ1v) is 24.4. The molecule has 0 saturated heterocycles. The van der Waals surface area contributed by atoms with Gasteiger partial charge in [0.1, 0.15) is 0 Å². The van der Waals surface area contributed by atoms with Gasteiger partial charge in [0, 0.05) is 34.1 Å². The third kappa shape index (κ3) is 6.93. The number of benzene rings is 7. The van der Waals surface area contributed by atoms with Gasteiger partial charge in [-0.1, -0.05) is 111 Å². The SMILES string of the molecule is C=Cc1ccc(C23CC4CC(C2)CC(c2ccc(N(c5ccc(CCCC)cc5)c5ccc(N(c6ccc(-c7ccc8c(c7)CC8)cc6)c6ccc7c(c6)CC7)cc5)cc2)(C4)C3)cc1. The number of hydrogen-bond acceptors (Lipinski definition) is 2. The van der Waals surface area contributed by atoms with Crippen LogP contribution in [0.1, 0.15) is 103 Å². The molecule has 0 spiro atoms. The number of fused-ring (bicyclic) bond motifs is 2. The van der Waals surface area contributed by atoms with Crippen LogP contribution in [0.5, 0.6) is 0 Å². The molecule has 2 atom stereocenters. The lowest BCUT2D eigenvalue weighted by Gasteiger charge is -2.63. The molecule has 6 aliphatic rings. The third-order valence-electron chi connectivity index (χ3n) is 16.4. The van der Waals surface area contributed by atoms with Crippen LogP contribution in [0.3, 0.4) is 0 Å². The summed E-state index contributed by atoms with van der Waals surface area (Å²) in [6.07, 6.45) is 18.3. The van der Waals surface area contributed by atoms with Gasteiger partial charge in [0.2, 0.25) is 0 Å². The van der Waals surface area contributed by atoms with Gasteiger partial charge in [0.15, 0.2) is 0 Å². The lowest BCUT2D eigenvalue weighted by Crippen LogP contribution is -2.55. The maximum absolute atomic E-state index is 4.03. The Morgan fingerprint density at radius 1 is 0.484 bits per heavy atom. The molecule has 0 N–H and O–H groups in total. The highest BCUT2D eigenvalue weighted by molar-refractivity contribution is 5.82. The Hall–Kier alpha value is -6.12. The van der Waals surface area contributed by atoms with Crippen LogP contribution in [0.4, 0.5) is 34.1 Å². The lowest BCUT2D eigenvalue weighted by atomic mass is 9.42. The van der Waals surface area contributed by atoms with E-state index in [2.05, 4.69) is 181 Å². The summed E-state index contributed by atoms with van der Waals surface area (Å²) in [5.74, 6) is 1.62. The first-order chi connectivity index (χ1) is 31.4. The summed E-state index contributed by atoms with van der Waals surface area (Å²) in [5, 5.41) is 0. The van der Waals surface area contributed by atoms with E-state index >= 15 is 0 Å². The fourth-order valence-electron chi connectivity index (χ4n) is 13.2. The fraction of sp³-hybridized carbons (Fsp3) is 0.290. The van der Waals surface area contributed by atoms with Crippen LogP contribution >= 0.6 is 0 Å². The molecular weight excluding hydrogens is 773 g/mol. The van der Waals surface area contributed by atoms with Crippen molar-refractivity contribution in [2.45, 2.75) is 101 Å². The van der Waals surface area contributed by atoms with Crippen molar-refractivity contribution < 1.29 is 0 Å². The zero-order chi connectivity index (χ0) is 42.8. The number of anilines is 6. The van der Waals surface area contributed by atoms with Crippen molar-refractivity contribution in [3.05, 3.63) is 209 Å². The molecule has 0 aliphatic heterocycles. The second kappa shape index (κ2) is 15.8. The maximum atomic E-state index is 4.03. The van der Waals surface area contributed by atoms with E-state index in [0.29, 0.717) is 0 Å². The molecule has 0 radical (unpaired) electrons. The first-order valence-electron chi connectivity index (χ1n) is 24.4. The highest BCUT2D eigenvalue weighted by atomic mass is 15.2. The normalized spacial score (nSPS) is 22.2. The average Bonchev–Trinajstić information content (AvgIpc) is 3.31. The second-order valence-corrected chi connectivity index (χ2v) is 20.3. The summed E-state index contributed by atoms with van der Waals surface area (Å²) < 4.78 is 0. The van der Waals surface area contributed by atoms with Gasteiger partial charge in [-0.3, -0.25) is 0 Å². The molecule has 318 valence electrons. The molecule has 2 nitrogen and oxygen atoms in total. The predicted molar refractivity (Wildman–Crippen MR) is 269 cm³/mol. The van der Waals surface area contributed by atoms with Crippen molar-refractivity contribution in [3.8, 4) is 11.1 Å². The summed E-state index contributed by atoms with van der Waals surface area (Å²) >= 11 is 0. The average molecular weight is 833 g/mol. The summed E-state index contributed by atoms with van der Waals surface area (Å²) in [6.45, 7) is 6.30. The molecular formula is C62H60N2. The maximum Gasteiger partial charge on any atom is 0.0464 e. The quantitative estimate of drug-likeness (QED) is 0.114. The van der Waals surface area contributed by atoms with Crippen LogP contribution in [0.2, 0.25) is 0 Å². The van der Waals surface area contributed by atoms with Crippen molar-refractivity contribution in [2.75, 3.05) is 9.80 Å². The van der Waals surface area contributed by atoms with Crippen LogP contribution in [0, 0.1) is 11.8 Å². The minimum absolute atomic E-state index is 0.245. The van der Waals surface area contributed by atoms with Crippen LogP contribution in [-0.4, -0.2) is 0 Å². The Bertz CT molecular complexity index is 2820. The van der Waals surface area contributed by atoms with Crippen molar-refractivity contribution in [1.82, 2.24) is 0 Å². The molecule has 4 fully saturated rings. The fourth-order valence-corrected chi connectivity index (χ4v) is 13.2. The summed E-state index contributed by atoms with van der Waals surface area (Å²) in [4.78, 5) is 4.91. The zero-order valence-corrected chi connectivity index (χ0v) is 37.5. The van der Waals surface area contributed by atoms with E-state index in [9.17, 15) is 0 Å². The van der Waals surface area contributed by atoms with Crippen LogP contribution < -0.4 is 9.80 Å². The molecule has 0 heterocycles. The molecule has 0 aromatic heterocycles. The summed E-state index contributed by atoms with van der Waals surface area (Å²) in [5.41, 5.74) is 21.9. The monoisotopic (exact) mass is 832 g/mol. The van der Waals surface area contributed by atoms with Gasteiger partial charge in [-0.05, 0) is 228 Å². The lowest BCUT2D eigenvalue weighted by molar-refractivity contribution is -0.0281. The van der Waals surface area contributed by atoms with Gasteiger partial charge in [-0.25, -0.2) is 0 Å². The minimum Gasteiger partial charge on any atom is -0.311 e. The van der Waals surface area contributed by atoms with Gasteiger partial charge >= 0.3 is 0 Å². The van der Waals surface area contributed by atoms with E-state index < -0.39 is 0 Å². The molecule has 4 saturated carbocycles. The van der Waals surface area contributed by atoms with Crippen LogP contribution in [0.25, 0.3) is 17.2 Å². The van der Waals surface area contributed by atoms with E-state index in [1.165, 1.54) is 144 Å². The topological polar surface area (TPSA) is 6.48 Å². The summed E-state index contributed by atoms with van der Waals surface area (Å²) in [7, 11) is 0.